The van der Waals surface area contributed by atoms with Crippen LogP contribution >= 0.6 is 0 Å². The van der Waals surface area contributed by atoms with Gasteiger partial charge in [-0.1, -0.05) is 48.5 Å². The van der Waals surface area contributed by atoms with Gasteiger partial charge in [0.2, 0.25) is 0 Å². The van der Waals surface area contributed by atoms with Crippen LogP contribution in [0.3, 0.4) is 0 Å². The minimum atomic E-state index is -1.05. The number of para-hydroxylation sites is 1. The number of benzene rings is 3. The fraction of sp³-hybridized carbons (Fsp3) is 0.214. The van der Waals surface area contributed by atoms with Gasteiger partial charge in [-0.15, -0.1) is 0 Å². The van der Waals surface area contributed by atoms with Gasteiger partial charge < -0.3 is 14.8 Å². The summed E-state index contributed by atoms with van der Waals surface area (Å²) >= 11 is 0. The van der Waals surface area contributed by atoms with Crippen LogP contribution in [-0.2, 0) is 11.4 Å². The summed E-state index contributed by atoms with van der Waals surface area (Å²) in [4.78, 5) is 39.1. The number of nitro benzene ring substituents is 1. The number of ketones is 1. The number of hydrogen-bond acceptors (Lipinski definition) is 6. The Balaban J connectivity index is 1.81. The molecular formula is C28H27N3O6. The molecule has 37 heavy (non-hydrogen) atoms. The van der Waals surface area contributed by atoms with Gasteiger partial charge in [0.1, 0.15) is 6.61 Å². The van der Waals surface area contributed by atoms with Crippen LogP contribution in [0, 0.1) is 10.1 Å². The van der Waals surface area contributed by atoms with Gasteiger partial charge in [-0.2, -0.15) is 0 Å². The molecule has 0 spiro atoms. The van der Waals surface area contributed by atoms with Crippen LogP contribution in [0.15, 0.2) is 84.1 Å². The maximum atomic E-state index is 13.2. The van der Waals surface area contributed by atoms with Gasteiger partial charge in [-0.3, -0.25) is 19.8 Å². The topological polar surface area (TPSA) is 111 Å². The molecule has 1 aliphatic heterocycles. The van der Waals surface area contributed by atoms with Gasteiger partial charge in [0, 0.05) is 11.3 Å². The van der Waals surface area contributed by atoms with Gasteiger partial charge in [0.25, 0.3) is 5.69 Å². The molecule has 0 aromatic heterocycles. The maximum Gasteiger partial charge on any atom is 0.327 e. The van der Waals surface area contributed by atoms with Crippen molar-refractivity contribution in [2.75, 3.05) is 11.5 Å². The maximum absolute atomic E-state index is 13.2. The first-order valence-corrected chi connectivity index (χ1v) is 11.8. The second kappa shape index (κ2) is 10.9. The first kappa shape index (κ1) is 25.4. The second-order valence-corrected chi connectivity index (χ2v) is 8.43. The van der Waals surface area contributed by atoms with Crippen LogP contribution < -0.4 is 19.7 Å². The Labute approximate surface area is 214 Å². The molecule has 1 heterocycles. The summed E-state index contributed by atoms with van der Waals surface area (Å²) in [6.07, 6.45) is 0. The van der Waals surface area contributed by atoms with E-state index >= 15 is 0 Å². The smallest absolute Gasteiger partial charge is 0.327 e. The number of carbonyl (C=O) groups is 2. The van der Waals surface area contributed by atoms with E-state index < -0.39 is 17.0 Å². The quantitative estimate of drug-likeness (QED) is 0.297. The average molecular weight is 502 g/mol. The van der Waals surface area contributed by atoms with Crippen molar-refractivity contribution in [2.45, 2.75) is 33.4 Å². The van der Waals surface area contributed by atoms with Crippen LogP contribution in [0.25, 0.3) is 0 Å². The molecule has 9 heteroatoms. The number of anilines is 1. The zero-order valence-corrected chi connectivity index (χ0v) is 20.8. The lowest BCUT2D eigenvalue weighted by Crippen LogP contribution is -2.48. The summed E-state index contributed by atoms with van der Waals surface area (Å²) in [6.45, 7) is 5.28. The monoisotopic (exact) mass is 501 g/mol. The molecule has 3 aromatic rings. The second-order valence-electron chi connectivity index (χ2n) is 8.43. The number of carbonyl (C=O) groups excluding carboxylic acids is 2. The molecule has 9 nitrogen and oxygen atoms in total. The van der Waals surface area contributed by atoms with Crippen molar-refractivity contribution in [3.05, 3.63) is 105 Å². The molecule has 3 aromatic carbocycles. The summed E-state index contributed by atoms with van der Waals surface area (Å²) in [5, 5.41) is 15.0. The Hall–Kier alpha value is -4.66. The number of rotatable bonds is 9. The zero-order valence-electron chi connectivity index (χ0n) is 20.8. The lowest BCUT2D eigenvalue weighted by Gasteiger charge is -2.35. The van der Waals surface area contributed by atoms with Crippen molar-refractivity contribution in [2.24, 2.45) is 0 Å². The number of allylic oxidation sites excluding steroid dienone is 1. The van der Waals surface area contributed by atoms with Gasteiger partial charge in [0.15, 0.2) is 17.3 Å². The number of nitrogens with one attached hydrogen (secondary N) is 1. The Morgan fingerprint density at radius 2 is 1.65 bits per heavy atom. The molecule has 190 valence electrons. The van der Waals surface area contributed by atoms with Crippen LogP contribution in [0.1, 0.15) is 37.9 Å². The van der Waals surface area contributed by atoms with E-state index in [0.29, 0.717) is 11.4 Å². The Morgan fingerprint density at radius 3 is 2.24 bits per heavy atom. The summed E-state index contributed by atoms with van der Waals surface area (Å²) in [5.74, 6) is 0.152. The van der Waals surface area contributed by atoms with Crippen LogP contribution in [0.4, 0.5) is 16.2 Å². The van der Waals surface area contributed by atoms with E-state index in [0.717, 1.165) is 5.56 Å². The van der Waals surface area contributed by atoms with Gasteiger partial charge in [-0.05, 0) is 44.5 Å². The van der Waals surface area contributed by atoms with Gasteiger partial charge >= 0.3 is 6.03 Å². The Bertz CT molecular complexity index is 1360. The molecule has 1 atom stereocenters. The molecule has 1 aliphatic rings. The van der Waals surface area contributed by atoms with Crippen molar-refractivity contribution in [1.82, 2.24) is 5.32 Å². The molecule has 0 saturated heterocycles. The van der Waals surface area contributed by atoms with Gasteiger partial charge in [0.05, 0.1) is 34.9 Å². The van der Waals surface area contributed by atoms with E-state index in [1.807, 2.05) is 36.4 Å². The van der Waals surface area contributed by atoms with Crippen LogP contribution in [-0.4, -0.2) is 23.3 Å². The average Bonchev–Trinajstić information content (AvgIpc) is 2.88. The largest absolute Gasteiger partial charge is 0.490 e. The molecule has 0 bridgehead atoms. The highest BCUT2D eigenvalue weighted by Crippen LogP contribution is 2.42. The number of amides is 2. The normalized spacial score (nSPS) is 15.3. The molecule has 0 saturated carbocycles. The van der Waals surface area contributed by atoms with Crippen LogP contribution in [0.5, 0.6) is 11.5 Å². The summed E-state index contributed by atoms with van der Waals surface area (Å²) in [5.41, 5.74) is 1.93. The predicted molar refractivity (Wildman–Crippen MR) is 139 cm³/mol. The summed E-state index contributed by atoms with van der Waals surface area (Å²) < 4.78 is 11.7. The van der Waals surface area contributed by atoms with E-state index in [2.05, 4.69) is 5.32 Å². The van der Waals surface area contributed by atoms with E-state index in [1.165, 1.54) is 24.0 Å². The standard InChI is InChI=1S/C28H27N3O6/c1-4-36-24-15-22(23(31(34)35)16-25(24)37-17-20-11-7-5-8-12-20)27-26(19(3)32)18(2)30(28(33)29-27)21-13-9-6-10-14-21/h5-16,27H,4,17H2,1-3H3,(H,29,33)/t27-/m1/s1. The SMILES string of the molecule is CCOc1cc([C@H]2NC(=O)N(c3ccccc3)C(C)=C2C(C)=O)c([N+](=O)[O-])cc1OCc1ccccc1. The highest BCUT2D eigenvalue weighted by Gasteiger charge is 2.38. The highest BCUT2D eigenvalue weighted by molar-refractivity contribution is 6.05. The lowest BCUT2D eigenvalue weighted by molar-refractivity contribution is -0.385. The molecule has 4 rings (SSSR count). The molecule has 0 aliphatic carbocycles. The van der Waals surface area contributed by atoms with E-state index in [9.17, 15) is 19.7 Å². The third kappa shape index (κ3) is 5.30. The lowest BCUT2D eigenvalue weighted by atomic mass is 9.90. The fourth-order valence-electron chi connectivity index (χ4n) is 4.39. The molecule has 0 unspecified atom stereocenters. The molecule has 2 amide bonds. The number of nitro groups is 1. The number of hydrogen-bond donors (Lipinski definition) is 1. The van der Waals surface area contributed by atoms with E-state index in [-0.39, 0.29) is 47.3 Å². The third-order valence-corrected chi connectivity index (χ3v) is 6.02. The first-order valence-electron chi connectivity index (χ1n) is 11.8. The Kier molecular flexibility index (Phi) is 7.52. The molecule has 0 radical (unpaired) electrons. The van der Waals surface area contributed by atoms with Crippen molar-refractivity contribution in [1.29, 1.82) is 0 Å². The molecule has 1 N–H and O–H groups in total. The Morgan fingerprint density at radius 1 is 1.03 bits per heavy atom. The highest BCUT2D eigenvalue weighted by atomic mass is 16.6. The summed E-state index contributed by atoms with van der Waals surface area (Å²) in [7, 11) is 0. The zero-order chi connectivity index (χ0) is 26.5. The van der Waals surface area contributed by atoms with Crippen LogP contribution in [0.2, 0.25) is 0 Å². The number of nitrogens with zero attached hydrogens (tertiary/aromatic N) is 2. The molecule has 0 fully saturated rings. The third-order valence-electron chi connectivity index (χ3n) is 6.02. The van der Waals surface area contributed by atoms with Crippen molar-refractivity contribution in [3.8, 4) is 11.5 Å². The number of ether oxygens (including phenoxy) is 2. The molecular weight excluding hydrogens is 474 g/mol. The number of urea groups is 1. The van der Waals surface area contributed by atoms with Crippen molar-refractivity contribution in [3.63, 3.8) is 0 Å². The van der Waals surface area contributed by atoms with E-state index in [4.69, 9.17) is 9.47 Å². The summed E-state index contributed by atoms with van der Waals surface area (Å²) in [6, 6.07) is 19.5. The fourth-order valence-corrected chi connectivity index (χ4v) is 4.39. The van der Waals surface area contributed by atoms with E-state index in [1.54, 1.807) is 38.1 Å². The number of Topliss-reactive ketones (excluding diaryl/α,β-unsaturated/α-hetero) is 1. The minimum absolute atomic E-state index is 0.131. The van der Waals surface area contributed by atoms with Crippen molar-refractivity contribution < 1.29 is 24.0 Å². The predicted octanol–water partition coefficient (Wildman–Crippen LogP) is 5.71. The van der Waals surface area contributed by atoms with Gasteiger partial charge in [-0.25, -0.2) is 4.79 Å². The van der Waals surface area contributed by atoms with Crippen molar-refractivity contribution >= 4 is 23.2 Å². The first-order chi connectivity index (χ1) is 17.8. The minimum Gasteiger partial charge on any atom is -0.490 e.